The van der Waals surface area contributed by atoms with E-state index in [1.54, 1.807) is 32.0 Å². The number of carbonyl (C=O) groups is 1. The number of hydrogen-bond acceptors (Lipinski definition) is 4. The van der Waals surface area contributed by atoms with Crippen LogP contribution in [0.3, 0.4) is 0 Å². The maximum atomic E-state index is 12.9. The topological polar surface area (TPSA) is 75.7 Å². The van der Waals surface area contributed by atoms with Gasteiger partial charge in [-0.05, 0) is 35.9 Å². The van der Waals surface area contributed by atoms with E-state index in [0.29, 0.717) is 18.1 Å². The van der Waals surface area contributed by atoms with Crippen LogP contribution >= 0.6 is 11.6 Å². The molecule has 0 fully saturated rings. The van der Waals surface area contributed by atoms with Gasteiger partial charge in [0.15, 0.2) is 0 Å². The lowest BCUT2D eigenvalue weighted by Crippen LogP contribution is -2.31. The molecule has 0 spiro atoms. The molecule has 0 radical (unpaired) electrons. The van der Waals surface area contributed by atoms with Crippen molar-refractivity contribution in [2.24, 2.45) is 0 Å². The van der Waals surface area contributed by atoms with Gasteiger partial charge in [0.2, 0.25) is 10.0 Å². The van der Waals surface area contributed by atoms with E-state index in [1.165, 1.54) is 29.6 Å². The Morgan fingerprint density at radius 3 is 2.44 bits per heavy atom. The lowest BCUT2D eigenvalue weighted by atomic mass is 10.2. The van der Waals surface area contributed by atoms with Gasteiger partial charge in [-0.25, -0.2) is 8.42 Å². The average Bonchev–Trinajstić information content (AvgIpc) is 2.66. The minimum atomic E-state index is -3.76. The number of sulfonamides is 1. The van der Waals surface area contributed by atoms with Gasteiger partial charge in [-0.1, -0.05) is 37.6 Å². The summed E-state index contributed by atoms with van der Waals surface area (Å²) in [6.45, 7) is 4.45. The lowest BCUT2D eigenvalue weighted by Gasteiger charge is -2.20. The SMILES string of the molecule is CCN(CC)S(=O)(=O)c1cc(C(=O)NCc2cccc(Cl)c2)ccc1OC. The highest BCUT2D eigenvalue weighted by Crippen LogP contribution is 2.28. The lowest BCUT2D eigenvalue weighted by molar-refractivity contribution is 0.0950. The third kappa shape index (κ3) is 5.00. The van der Waals surface area contributed by atoms with Gasteiger partial charge >= 0.3 is 0 Å². The van der Waals surface area contributed by atoms with Crippen molar-refractivity contribution in [2.75, 3.05) is 20.2 Å². The van der Waals surface area contributed by atoms with E-state index in [2.05, 4.69) is 5.32 Å². The number of benzene rings is 2. The van der Waals surface area contributed by atoms with Gasteiger partial charge in [0.05, 0.1) is 7.11 Å². The molecule has 0 aliphatic heterocycles. The van der Waals surface area contributed by atoms with Crippen LogP contribution in [0.2, 0.25) is 5.02 Å². The molecule has 2 aromatic carbocycles. The second-order valence-electron chi connectivity index (χ2n) is 5.77. The van der Waals surface area contributed by atoms with E-state index >= 15 is 0 Å². The molecule has 27 heavy (non-hydrogen) atoms. The van der Waals surface area contributed by atoms with E-state index in [1.807, 2.05) is 6.07 Å². The zero-order valence-electron chi connectivity index (χ0n) is 15.5. The van der Waals surface area contributed by atoms with Gasteiger partial charge in [-0.3, -0.25) is 4.79 Å². The summed E-state index contributed by atoms with van der Waals surface area (Å²) < 4.78 is 32.2. The zero-order chi connectivity index (χ0) is 20.0. The number of halogens is 1. The van der Waals surface area contributed by atoms with Crippen LogP contribution in [0.25, 0.3) is 0 Å². The average molecular weight is 411 g/mol. The molecule has 2 rings (SSSR count). The van der Waals surface area contributed by atoms with Gasteiger partial charge in [0.25, 0.3) is 5.91 Å². The largest absolute Gasteiger partial charge is 0.495 e. The third-order valence-electron chi connectivity index (χ3n) is 4.09. The fraction of sp³-hybridized carbons (Fsp3) is 0.316. The first-order valence-electron chi connectivity index (χ1n) is 8.54. The molecule has 0 saturated heterocycles. The predicted octanol–water partition coefficient (Wildman–Crippen LogP) is 3.31. The van der Waals surface area contributed by atoms with Crippen molar-refractivity contribution >= 4 is 27.5 Å². The summed E-state index contributed by atoms with van der Waals surface area (Å²) in [4.78, 5) is 12.5. The highest BCUT2D eigenvalue weighted by molar-refractivity contribution is 7.89. The van der Waals surface area contributed by atoms with E-state index in [4.69, 9.17) is 16.3 Å². The standard InChI is InChI=1S/C19H23ClN2O4S/c1-4-22(5-2)27(24,25)18-12-15(9-10-17(18)26-3)19(23)21-13-14-7-6-8-16(20)11-14/h6-12H,4-5,13H2,1-3H3,(H,21,23). The number of rotatable bonds is 8. The fourth-order valence-electron chi connectivity index (χ4n) is 2.65. The van der Waals surface area contributed by atoms with Gasteiger partial charge in [0, 0.05) is 30.2 Å². The third-order valence-corrected chi connectivity index (χ3v) is 6.40. The molecule has 2 aromatic rings. The molecule has 1 amide bonds. The Labute approximate surface area is 165 Å². The van der Waals surface area contributed by atoms with Gasteiger partial charge in [-0.15, -0.1) is 0 Å². The first-order chi connectivity index (χ1) is 12.8. The molecule has 0 heterocycles. The van der Waals surface area contributed by atoms with Gasteiger partial charge < -0.3 is 10.1 Å². The monoisotopic (exact) mass is 410 g/mol. The highest BCUT2D eigenvalue weighted by Gasteiger charge is 2.26. The fourth-order valence-corrected chi connectivity index (χ4v) is 4.51. The Morgan fingerprint density at radius 1 is 1.15 bits per heavy atom. The normalized spacial score (nSPS) is 11.4. The zero-order valence-corrected chi connectivity index (χ0v) is 17.1. The Kier molecular flexibility index (Phi) is 7.24. The molecule has 0 aliphatic carbocycles. The van der Waals surface area contributed by atoms with Crippen molar-refractivity contribution in [1.82, 2.24) is 9.62 Å². The molecular formula is C19H23ClN2O4S. The van der Waals surface area contributed by atoms with Crippen molar-refractivity contribution in [3.8, 4) is 5.75 Å². The smallest absolute Gasteiger partial charge is 0.251 e. The predicted molar refractivity (Wildman–Crippen MR) is 106 cm³/mol. The molecule has 0 aliphatic rings. The Bertz CT molecular complexity index is 912. The molecule has 1 N–H and O–H groups in total. The first-order valence-corrected chi connectivity index (χ1v) is 10.4. The molecule has 0 saturated carbocycles. The maximum absolute atomic E-state index is 12.9. The Morgan fingerprint density at radius 2 is 1.85 bits per heavy atom. The minimum absolute atomic E-state index is 0.0240. The van der Waals surface area contributed by atoms with Crippen LogP contribution in [0.4, 0.5) is 0 Å². The summed E-state index contributed by atoms with van der Waals surface area (Å²) in [5.41, 5.74) is 1.09. The van der Waals surface area contributed by atoms with Crippen LogP contribution in [0.1, 0.15) is 29.8 Å². The maximum Gasteiger partial charge on any atom is 0.251 e. The Balaban J connectivity index is 2.29. The molecule has 6 nitrogen and oxygen atoms in total. The molecule has 0 bridgehead atoms. The molecule has 0 unspecified atom stereocenters. The van der Waals surface area contributed by atoms with Crippen LogP contribution in [0.15, 0.2) is 47.4 Å². The second kappa shape index (κ2) is 9.21. The molecule has 0 aromatic heterocycles. The highest BCUT2D eigenvalue weighted by atomic mass is 35.5. The molecule has 8 heteroatoms. The number of methoxy groups -OCH3 is 1. The summed E-state index contributed by atoms with van der Waals surface area (Å²) in [5.74, 6) is -0.179. The first kappa shape index (κ1) is 21.2. The molecular weight excluding hydrogens is 388 g/mol. The number of carbonyl (C=O) groups excluding carboxylic acids is 1. The number of ether oxygens (including phenoxy) is 1. The van der Waals surface area contributed by atoms with Crippen molar-refractivity contribution in [1.29, 1.82) is 0 Å². The minimum Gasteiger partial charge on any atom is -0.495 e. The van der Waals surface area contributed by atoms with E-state index in [9.17, 15) is 13.2 Å². The van der Waals surface area contributed by atoms with Crippen LogP contribution in [0, 0.1) is 0 Å². The number of nitrogens with zero attached hydrogens (tertiary/aromatic N) is 1. The van der Waals surface area contributed by atoms with Crippen molar-refractivity contribution in [3.63, 3.8) is 0 Å². The number of nitrogens with one attached hydrogen (secondary N) is 1. The molecule has 0 atom stereocenters. The van der Waals surface area contributed by atoms with Crippen LogP contribution in [-0.4, -0.2) is 38.8 Å². The summed E-state index contributed by atoms with van der Waals surface area (Å²) in [5, 5.41) is 3.35. The van der Waals surface area contributed by atoms with Crippen molar-refractivity contribution < 1.29 is 17.9 Å². The quantitative estimate of drug-likeness (QED) is 0.724. The van der Waals surface area contributed by atoms with E-state index < -0.39 is 10.0 Å². The summed E-state index contributed by atoms with van der Waals surface area (Å²) in [6, 6.07) is 11.5. The van der Waals surface area contributed by atoms with E-state index in [0.717, 1.165) is 5.56 Å². The summed E-state index contributed by atoms with van der Waals surface area (Å²) in [6.07, 6.45) is 0. The van der Waals surface area contributed by atoms with Crippen LogP contribution in [-0.2, 0) is 16.6 Å². The Hall–Kier alpha value is -2.09. The summed E-state index contributed by atoms with van der Waals surface area (Å²) >= 11 is 5.94. The summed E-state index contributed by atoms with van der Waals surface area (Å²) in [7, 11) is -2.36. The van der Waals surface area contributed by atoms with Crippen molar-refractivity contribution in [3.05, 3.63) is 58.6 Å². The number of amides is 1. The number of hydrogen-bond donors (Lipinski definition) is 1. The second-order valence-corrected chi connectivity index (χ2v) is 8.11. The van der Waals surface area contributed by atoms with Crippen LogP contribution < -0.4 is 10.1 Å². The molecule has 146 valence electrons. The van der Waals surface area contributed by atoms with Gasteiger partial charge in [0.1, 0.15) is 10.6 Å². The van der Waals surface area contributed by atoms with E-state index in [-0.39, 0.29) is 28.7 Å². The van der Waals surface area contributed by atoms with Crippen LogP contribution in [0.5, 0.6) is 5.75 Å². The van der Waals surface area contributed by atoms with Gasteiger partial charge in [-0.2, -0.15) is 4.31 Å². The van der Waals surface area contributed by atoms with Crippen molar-refractivity contribution in [2.45, 2.75) is 25.3 Å².